The minimum Gasteiger partial charge on any atom is -0.385 e. The fourth-order valence-electron chi connectivity index (χ4n) is 2.15. The number of sulfonamides is 1. The molecule has 8 heteroatoms. The van der Waals surface area contributed by atoms with E-state index in [1.54, 1.807) is 31.4 Å². The molecular weight excluding hydrogens is 330 g/mol. The van der Waals surface area contributed by atoms with Gasteiger partial charge in [-0.25, -0.2) is 12.7 Å². The van der Waals surface area contributed by atoms with Gasteiger partial charge in [0.1, 0.15) is 0 Å². The minimum atomic E-state index is -3.54. The number of nitrogens with zero attached hydrogens (tertiary/aromatic N) is 2. The number of ether oxygens (including phenoxy) is 1. The average Bonchev–Trinajstić information content (AvgIpc) is 2.53. The molecule has 136 valence electrons. The number of carbonyl (C=O) groups excluding carboxylic acids is 1. The first-order valence-corrected chi connectivity index (χ1v) is 9.17. The SMILES string of the molecule is COCCCN(C)CC(=O)NCc1ccccc1S(=O)(=O)N(C)C. The Morgan fingerprint density at radius 3 is 2.50 bits per heavy atom. The van der Waals surface area contributed by atoms with E-state index in [-0.39, 0.29) is 23.9 Å². The van der Waals surface area contributed by atoms with Crippen molar-refractivity contribution in [3.8, 4) is 0 Å². The van der Waals surface area contributed by atoms with Gasteiger partial charge in [0.25, 0.3) is 0 Å². The molecule has 0 saturated heterocycles. The van der Waals surface area contributed by atoms with Crippen molar-refractivity contribution >= 4 is 15.9 Å². The van der Waals surface area contributed by atoms with Crippen molar-refractivity contribution in [2.24, 2.45) is 0 Å². The van der Waals surface area contributed by atoms with Crippen LogP contribution in [0.4, 0.5) is 0 Å². The summed E-state index contributed by atoms with van der Waals surface area (Å²) in [7, 11) is 2.94. The van der Waals surface area contributed by atoms with Crippen LogP contribution >= 0.6 is 0 Å². The van der Waals surface area contributed by atoms with E-state index < -0.39 is 10.0 Å². The Balaban J connectivity index is 2.64. The molecule has 24 heavy (non-hydrogen) atoms. The predicted octanol–water partition coefficient (Wildman–Crippen LogP) is 0.521. The third kappa shape index (κ3) is 6.20. The van der Waals surface area contributed by atoms with Gasteiger partial charge >= 0.3 is 0 Å². The summed E-state index contributed by atoms with van der Waals surface area (Å²) in [6.45, 7) is 1.84. The lowest BCUT2D eigenvalue weighted by Crippen LogP contribution is -2.36. The summed E-state index contributed by atoms with van der Waals surface area (Å²) in [6, 6.07) is 6.69. The largest absolute Gasteiger partial charge is 0.385 e. The Bertz CT molecular complexity index is 632. The second kappa shape index (κ2) is 9.73. The zero-order valence-corrected chi connectivity index (χ0v) is 15.6. The molecule has 0 heterocycles. The van der Waals surface area contributed by atoms with Crippen molar-refractivity contribution in [2.45, 2.75) is 17.9 Å². The number of amides is 1. The number of nitrogens with one attached hydrogen (secondary N) is 1. The average molecular weight is 357 g/mol. The molecule has 1 N–H and O–H groups in total. The maximum absolute atomic E-state index is 12.3. The molecule has 0 aliphatic rings. The molecule has 1 amide bonds. The van der Waals surface area contributed by atoms with E-state index in [0.717, 1.165) is 17.3 Å². The molecule has 0 aliphatic heterocycles. The highest BCUT2D eigenvalue weighted by Crippen LogP contribution is 2.18. The van der Waals surface area contributed by atoms with E-state index in [2.05, 4.69) is 5.32 Å². The van der Waals surface area contributed by atoms with Gasteiger partial charge in [-0.05, 0) is 25.1 Å². The van der Waals surface area contributed by atoms with Crippen LogP contribution < -0.4 is 5.32 Å². The van der Waals surface area contributed by atoms with Gasteiger partial charge in [0.05, 0.1) is 11.4 Å². The second-order valence-electron chi connectivity index (χ2n) is 5.76. The third-order valence-electron chi connectivity index (χ3n) is 3.51. The summed E-state index contributed by atoms with van der Waals surface area (Å²) in [4.78, 5) is 14.1. The summed E-state index contributed by atoms with van der Waals surface area (Å²) >= 11 is 0. The van der Waals surface area contributed by atoms with E-state index in [0.29, 0.717) is 12.2 Å². The van der Waals surface area contributed by atoms with Gasteiger partial charge in [-0.1, -0.05) is 18.2 Å². The van der Waals surface area contributed by atoms with Crippen molar-refractivity contribution in [3.05, 3.63) is 29.8 Å². The first-order valence-electron chi connectivity index (χ1n) is 7.73. The maximum atomic E-state index is 12.3. The standard InChI is InChI=1S/C16H27N3O4S/c1-18(2)24(21,22)15-9-6-5-8-14(15)12-17-16(20)13-19(3)10-7-11-23-4/h5-6,8-9H,7,10-13H2,1-4H3,(H,17,20). The lowest BCUT2D eigenvalue weighted by Gasteiger charge is -2.17. The van der Waals surface area contributed by atoms with Gasteiger partial charge < -0.3 is 10.1 Å². The minimum absolute atomic E-state index is 0.146. The summed E-state index contributed by atoms with van der Waals surface area (Å²) < 4.78 is 30.8. The predicted molar refractivity (Wildman–Crippen MR) is 93.2 cm³/mol. The van der Waals surface area contributed by atoms with Crippen LogP contribution in [-0.2, 0) is 26.1 Å². The van der Waals surface area contributed by atoms with Crippen LogP contribution in [0.15, 0.2) is 29.2 Å². The van der Waals surface area contributed by atoms with Gasteiger partial charge in [-0.3, -0.25) is 9.69 Å². The van der Waals surface area contributed by atoms with E-state index >= 15 is 0 Å². The summed E-state index contributed by atoms with van der Waals surface area (Å²) in [5.41, 5.74) is 0.571. The fourth-order valence-corrected chi connectivity index (χ4v) is 3.27. The van der Waals surface area contributed by atoms with E-state index in [1.807, 2.05) is 11.9 Å². The topological polar surface area (TPSA) is 79.0 Å². The number of carbonyl (C=O) groups is 1. The van der Waals surface area contributed by atoms with Crippen molar-refractivity contribution in [3.63, 3.8) is 0 Å². The number of likely N-dealkylation sites (N-methyl/N-ethyl adjacent to an activating group) is 1. The normalized spacial score (nSPS) is 11.9. The van der Waals surface area contributed by atoms with Gasteiger partial charge in [-0.15, -0.1) is 0 Å². The smallest absolute Gasteiger partial charge is 0.242 e. The van der Waals surface area contributed by atoms with Crippen LogP contribution in [0, 0.1) is 0 Å². The zero-order valence-electron chi connectivity index (χ0n) is 14.8. The molecule has 0 saturated carbocycles. The van der Waals surface area contributed by atoms with Gasteiger partial charge in [-0.2, -0.15) is 0 Å². The van der Waals surface area contributed by atoms with Crippen LogP contribution in [0.25, 0.3) is 0 Å². The molecule has 0 unspecified atom stereocenters. The first kappa shape index (κ1) is 20.6. The Labute approximate surface area is 144 Å². The highest BCUT2D eigenvalue weighted by Gasteiger charge is 2.20. The van der Waals surface area contributed by atoms with Crippen LogP contribution in [0.5, 0.6) is 0 Å². The lowest BCUT2D eigenvalue weighted by atomic mass is 10.2. The van der Waals surface area contributed by atoms with Crippen LogP contribution in [0.2, 0.25) is 0 Å². The lowest BCUT2D eigenvalue weighted by molar-refractivity contribution is -0.122. The third-order valence-corrected chi connectivity index (χ3v) is 5.42. The zero-order chi connectivity index (χ0) is 18.2. The van der Waals surface area contributed by atoms with Crippen molar-refractivity contribution in [2.75, 3.05) is 47.9 Å². The van der Waals surface area contributed by atoms with Crippen molar-refractivity contribution < 1.29 is 17.9 Å². The Kier molecular flexibility index (Phi) is 8.34. The Morgan fingerprint density at radius 1 is 1.21 bits per heavy atom. The highest BCUT2D eigenvalue weighted by atomic mass is 32.2. The monoisotopic (exact) mass is 357 g/mol. The number of hydrogen-bond donors (Lipinski definition) is 1. The van der Waals surface area contributed by atoms with Gasteiger partial charge in [0.15, 0.2) is 0 Å². The molecule has 0 fully saturated rings. The number of hydrogen-bond acceptors (Lipinski definition) is 5. The van der Waals surface area contributed by atoms with Crippen molar-refractivity contribution in [1.29, 1.82) is 0 Å². The highest BCUT2D eigenvalue weighted by molar-refractivity contribution is 7.89. The van der Waals surface area contributed by atoms with Crippen LogP contribution in [-0.4, -0.2) is 71.5 Å². The molecule has 0 aromatic heterocycles. The summed E-state index contributed by atoms with van der Waals surface area (Å²) in [5.74, 6) is -0.146. The molecule has 0 bridgehead atoms. The molecule has 0 spiro atoms. The number of methoxy groups -OCH3 is 1. The van der Waals surface area contributed by atoms with E-state index in [4.69, 9.17) is 4.74 Å². The molecule has 0 atom stereocenters. The molecular formula is C16H27N3O4S. The number of benzene rings is 1. The van der Waals surface area contributed by atoms with Crippen LogP contribution in [0.3, 0.4) is 0 Å². The Hall–Kier alpha value is -1.48. The molecule has 1 aromatic rings. The Morgan fingerprint density at radius 2 is 1.88 bits per heavy atom. The van der Waals surface area contributed by atoms with E-state index in [1.165, 1.54) is 14.1 Å². The van der Waals surface area contributed by atoms with Crippen LogP contribution in [0.1, 0.15) is 12.0 Å². The fraction of sp³-hybridized carbons (Fsp3) is 0.562. The second-order valence-corrected chi connectivity index (χ2v) is 7.88. The van der Waals surface area contributed by atoms with E-state index in [9.17, 15) is 13.2 Å². The molecule has 1 rings (SSSR count). The van der Waals surface area contributed by atoms with Gasteiger partial charge in [0.2, 0.25) is 15.9 Å². The first-order chi connectivity index (χ1) is 11.3. The molecule has 7 nitrogen and oxygen atoms in total. The summed E-state index contributed by atoms with van der Waals surface area (Å²) in [5, 5.41) is 2.78. The summed E-state index contributed by atoms with van der Waals surface area (Å²) in [6.07, 6.45) is 0.851. The number of rotatable bonds is 10. The molecule has 0 radical (unpaired) electrons. The quantitative estimate of drug-likeness (QED) is 0.618. The molecule has 0 aliphatic carbocycles. The van der Waals surface area contributed by atoms with Crippen molar-refractivity contribution in [1.82, 2.24) is 14.5 Å². The van der Waals surface area contributed by atoms with Gasteiger partial charge in [0, 0.05) is 40.9 Å². The molecule has 1 aromatic carbocycles. The maximum Gasteiger partial charge on any atom is 0.242 e.